The van der Waals surface area contributed by atoms with Crippen molar-refractivity contribution in [2.75, 3.05) is 38.7 Å². The molecule has 2 saturated heterocycles. The number of ether oxygens (including phenoxy) is 1. The number of rotatable bonds is 6. The molecule has 5 rings (SSSR count). The second kappa shape index (κ2) is 9.79. The Hall–Kier alpha value is -2.85. The predicted octanol–water partition coefficient (Wildman–Crippen LogP) is 3.99. The van der Waals surface area contributed by atoms with E-state index in [2.05, 4.69) is 22.6 Å². The van der Waals surface area contributed by atoms with Gasteiger partial charge in [0, 0.05) is 50.7 Å². The Morgan fingerprint density at radius 3 is 2.49 bits per heavy atom. The van der Waals surface area contributed by atoms with Crippen LogP contribution in [0.5, 0.6) is 0 Å². The highest BCUT2D eigenvalue weighted by Crippen LogP contribution is 2.47. The molecule has 3 heterocycles. The molecular formula is C27H33F3N4O3. The highest BCUT2D eigenvalue weighted by atomic mass is 19.4. The normalized spacial score (nSPS) is 25.0. The minimum Gasteiger partial charge on any atom is -0.381 e. The minimum atomic E-state index is -4.48. The number of likely N-dealkylation sites (tertiary alicyclic amines) is 1. The van der Waals surface area contributed by atoms with E-state index in [0.29, 0.717) is 54.7 Å². The monoisotopic (exact) mass is 518 g/mol. The molecule has 0 radical (unpaired) electrons. The van der Waals surface area contributed by atoms with E-state index in [-0.39, 0.29) is 23.2 Å². The third kappa shape index (κ3) is 5.13. The summed E-state index contributed by atoms with van der Waals surface area (Å²) in [5.74, 6) is 0.520. The molecule has 2 aliphatic heterocycles. The summed E-state index contributed by atoms with van der Waals surface area (Å²) in [6.07, 6.45) is -1.53. The summed E-state index contributed by atoms with van der Waals surface area (Å²) in [6.45, 7) is 6.11. The fourth-order valence-corrected chi connectivity index (χ4v) is 6.01. The van der Waals surface area contributed by atoms with Crippen LogP contribution in [0.3, 0.4) is 0 Å². The third-order valence-electron chi connectivity index (χ3n) is 8.10. The van der Waals surface area contributed by atoms with Crippen molar-refractivity contribution in [3.8, 4) is 0 Å². The summed E-state index contributed by atoms with van der Waals surface area (Å²) in [5, 5.41) is 6.32. The van der Waals surface area contributed by atoms with E-state index in [4.69, 9.17) is 4.74 Å². The highest BCUT2D eigenvalue weighted by Gasteiger charge is 2.55. The van der Waals surface area contributed by atoms with E-state index in [1.54, 1.807) is 23.8 Å². The van der Waals surface area contributed by atoms with E-state index in [1.165, 1.54) is 19.1 Å². The Kier molecular flexibility index (Phi) is 6.83. The Balaban J connectivity index is 1.43. The number of piperidine rings is 1. The molecule has 7 nitrogen and oxygen atoms in total. The Bertz CT molecular complexity index is 1230. The van der Waals surface area contributed by atoms with Gasteiger partial charge in [-0.05, 0) is 62.8 Å². The van der Waals surface area contributed by atoms with Crippen molar-refractivity contribution < 1.29 is 22.7 Å². The zero-order chi connectivity index (χ0) is 26.5. The van der Waals surface area contributed by atoms with Crippen LogP contribution >= 0.6 is 0 Å². The van der Waals surface area contributed by atoms with Gasteiger partial charge in [-0.1, -0.05) is 12.1 Å². The molecule has 2 aromatic rings. The van der Waals surface area contributed by atoms with Crippen molar-refractivity contribution in [2.24, 2.45) is 11.8 Å². The Morgan fingerprint density at radius 2 is 1.84 bits per heavy atom. The average molecular weight is 519 g/mol. The van der Waals surface area contributed by atoms with Gasteiger partial charge in [0.25, 0.3) is 11.5 Å². The van der Waals surface area contributed by atoms with E-state index in [1.807, 2.05) is 0 Å². The van der Waals surface area contributed by atoms with Crippen molar-refractivity contribution in [1.82, 2.24) is 14.8 Å². The number of benzene rings is 1. The molecule has 10 heteroatoms. The van der Waals surface area contributed by atoms with Gasteiger partial charge in [-0.15, -0.1) is 0 Å². The summed E-state index contributed by atoms with van der Waals surface area (Å²) in [7, 11) is 2.08. The Morgan fingerprint density at radius 1 is 1.16 bits per heavy atom. The first-order chi connectivity index (χ1) is 17.5. The number of hydrogen-bond donors (Lipinski definition) is 2. The SMILES string of the molecule is Cc1c([C@@H](C)NC(=O)c2cn(C3CCOCC3)c(=O)cc2NC2[C@H]3CN(C)C[C@@H]23)cccc1C(F)(F)F. The number of pyridine rings is 1. The molecule has 0 bridgehead atoms. The molecule has 1 aromatic carbocycles. The number of anilines is 1. The number of aromatic nitrogens is 1. The van der Waals surface area contributed by atoms with Crippen LogP contribution in [-0.4, -0.2) is 54.8 Å². The molecule has 37 heavy (non-hydrogen) atoms. The first-order valence-electron chi connectivity index (χ1n) is 12.8. The van der Waals surface area contributed by atoms with Gasteiger partial charge in [0.15, 0.2) is 0 Å². The molecular weight excluding hydrogens is 485 g/mol. The molecule has 200 valence electrons. The maximum Gasteiger partial charge on any atom is 0.416 e. The fraction of sp³-hybridized carbons (Fsp3) is 0.556. The number of amides is 1. The highest BCUT2D eigenvalue weighted by molar-refractivity contribution is 5.99. The zero-order valence-electron chi connectivity index (χ0n) is 21.3. The van der Waals surface area contributed by atoms with Crippen LogP contribution in [0.4, 0.5) is 18.9 Å². The Labute approximate surface area is 214 Å². The number of hydrogen-bond acceptors (Lipinski definition) is 5. The molecule has 4 atom stereocenters. The first kappa shape index (κ1) is 25.8. The summed E-state index contributed by atoms with van der Waals surface area (Å²) in [6, 6.07) is 4.95. The quantitative estimate of drug-likeness (QED) is 0.605. The average Bonchev–Trinajstić information content (AvgIpc) is 3.28. The standard InChI is InChI=1S/C27H33F3N4O3/c1-15-18(5-4-6-22(15)27(28,29)30)16(2)31-26(36)21-14-34(17-7-9-37-10-8-17)24(35)11-23(21)32-25-19-12-33(3)13-20(19)25/h4-6,11,14,16-17,19-20,25,32H,7-10,12-13H2,1-3H3,(H,31,36)/t16-,19-,20+,25?/m1/s1. The predicted molar refractivity (Wildman–Crippen MR) is 134 cm³/mol. The lowest BCUT2D eigenvalue weighted by Gasteiger charge is -2.26. The molecule has 3 aliphatic rings. The van der Waals surface area contributed by atoms with Crippen molar-refractivity contribution >= 4 is 11.6 Å². The maximum atomic E-state index is 13.6. The van der Waals surface area contributed by atoms with Gasteiger partial charge >= 0.3 is 6.18 Å². The number of halogens is 3. The van der Waals surface area contributed by atoms with Gasteiger partial charge in [-0.25, -0.2) is 0 Å². The fourth-order valence-electron chi connectivity index (χ4n) is 6.01. The van der Waals surface area contributed by atoms with Crippen LogP contribution in [0.15, 0.2) is 35.3 Å². The molecule has 1 saturated carbocycles. The summed E-state index contributed by atoms with van der Waals surface area (Å²) in [5.41, 5.74) is 0.377. The van der Waals surface area contributed by atoms with Crippen LogP contribution in [-0.2, 0) is 10.9 Å². The van der Waals surface area contributed by atoms with Gasteiger partial charge in [0.2, 0.25) is 0 Å². The van der Waals surface area contributed by atoms with Gasteiger partial charge in [-0.2, -0.15) is 13.2 Å². The number of carbonyl (C=O) groups is 1. The molecule has 2 N–H and O–H groups in total. The first-order valence-corrected chi connectivity index (χ1v) is 12.8. The van der Waals surface area contributed by atoms with Crippen LogP contribution < -0.4 is 16.2 Å². The maximum absolute atomic E-state index is 13.6. The van der Waals surface area contributed by atoms with Crippen molar-refractivity contribution in [3.63, 3.8) is 0 Å². The van der Waals surface area contributed by atoms with E-state index >= 15 is 0 Å². The number of fused-ring (bicyclic) bond motifs is 1. The van der Waals surface area contributed by atoms with E-state index < -0.39 is 23.7 Å². The van der Waals surface area contributed by atoms with Gasteiger partial charge in [-0.3, -0.25) is 9.59 Å². The second-order valence-corrected chi connectivity index (χ2v) is 10.6. The number of alkyl halides is 3. The lowest BCUT2D eigenvalue weighted by atomic mass is 9.97. The molecule has 1 unspecified atom stereocenters. The van der Waals surface area contributed by atoms with Gasteiger partial charge in [0.1, 0.15) is 0 Å². The molecule has 1 amide bonds. The number of nitrogens with zero attached hydrogens (tertiary/aromatic N) is 2. The van der Waals surface area contributed by atoms with Crippen LogP contribution in [0.25, 0.3) is 0 Å². The number of nitrogens with one attached hydrogen (secondary N) is 2. The smallest absolute Gasteiger partial charge is 0.381 e. The molecule has 1 aliphatic carbocycles. The van der Waals surface area contributed by atoms with Crippen LogP contribution in [0.2, 0.25) is 0 Å². The third-order valence-corrected chi connectivity index (χ3v) is 8.10. The van der Waals surface area contributed by atoms with E-state index in [0.717, 1.165) is 19.2 Å². The lowest BCUT2D eigenvalue weighted by Crippen LogP contribution is -2.34. The largest absolute Gasteiger partial charge is 0.416 e. The lowest BCUT2D eigenvalue weighted by molar-refractivity contribution is -0.138. The summed E-state index contributed by atoms with van der Waals surface area (Å²) < 4.78 is 47.4. The minimum absolute atomic E-state index is 0.0704. The summed E-state index contributed by atoms with van der Waals surface area (Å²) >= 11 is 0. The van der Waals surface area contributed by atoms with Crippen LogP contribution in [0, 0.1) is 18.8 Å². The van der Waals surface area contributed by atoms with Crippen LogP contribution in [0.1, 0.15) is 58.9 Å². The van der Waals surface area contributed by atoms with Crippen molar-refractivity contribution in [3.05, 3.63) is 63.1 Å². The molecule has 1 aromatic heterocycles. The van der Waals surface area contributed by atoms with E-state index in [9.17, 15) is 22.8 Å². The molecule has 0 spiro atoms. The van der Waals surface area contributed by atoms with Crippen molar-refractivity contribution in [1.29, 1.82) is 0 Å². The molecule has 3 fully saturated rings. The van der Waals surface area contributed by atoms with Crippen molar-refractivity contribution in [2.45, 2.75) is 51.0 Å². The topological polar surface area (TPSA) is 75.6 Å². The van der Waals surface area contributed by atoms with Gasteiger partial charge < -0.3 is 24.8 Å². The van der Waals surface area contributed by atoms with Gasteiger partial charge in [0.05, 0.1) is 22.9 Å². The zero-order valence-corrected chi connectivity index (χ0v) is 21.3. The summed E-state index contributed by atoms with van der Waals surface area (Å²) in [4.78, 5) is 28.9. The second-order valence-electron chi connectivity index (χ2n) is 10.6. The number of carbonyl (C=O) groups excluding carboxylic acids is 1.